The van der Waals surface area contributed by atoms with Crippen LogP contribution in [-0.4, -0.2) is 49.3 Å². The van der Waals surface area contributed by atoms with Crippen LogP contribution in [0.15, 0.2) is 6.20 Å². The molecule has 1 N–H and O–H groups in total. The van der Waals surface area contributed by atoms with Crippen molar-refractivity contribution in [3.05, 3.63) is 17.0 Å². The van der Waals surface area contributed by atoms with Crippen LogP contribution in [0.5, 0.6) is 5.88 Å². The second-order valence-corrected chi connectivity index (χ2v) is 8.22. The summed E-state index contributed by atoms with van der Waals surface area (Å²) < 4.78 is 15.6. The van der Waals surface area contributed by atoms with Crippen molar-refractivity contribution < 1.29 is 9.47 Å². The van der Waals surface area contributed by atoms with Gasteiger partial charge in [-0.3, -0.25) is 4.68 Å². The first kappa shape index (κ1) is 19.6. The van der Waals surface area contributed by atoms with E-state index < -0.39 is 0 Å². The van der Waals surface area contributed by atoms with Gasteiger partial charge in [0, 0.05) is 26.3 Å². The Kier molecular flexibility index (Phi) is 5.24. The Morgan fingerprint density at radius 3 is 2.87 bits per heavy atom. The fraction of sp³-hybridized carbons (Fsp3) is 0.600. The van der Waals surface area contributed by atoms with Crippen molar-refractivity contribution >= 4 is 34.3 Å². The number of nitrogens with zero attached hydrogens (tertiary/aromatic N) is 6. The Bertz CT molecular complexity index is 1060. The number of hydrogen-bond acceptors (Lipinski definition) is 7. The van der Waals surface area contributed by atoms with E-state index in [4.69, 9.17) is 26.2 Å². The van der Waals surface area contributed by atoms with Crippen LogP contribution in [0.4, 0.5) is 11.6 Å². The predicted molar refractivity (Wildman–Crippen MR) is 114 cm³/mol. The maximum atomic E-state index is 6.25. The summed E-state index contributed by atoms with van der Waals surface area (Å²) in [4.78, 5) is 9.14. The van der Waals surface area contributed by atoms with Crippen molar-refractivity contribution in [3.8, 4) is 5.88 Å². The topological polar surface area (TPSA) is 91.9 Å². The fourth-order valence-corrected chi connectivity index (χ4v) is 4.70. The molecule has 2 bridgehead atoms. The highest BCUT2D eigenvalue weighted by atomic mass is 35.5. The summed E-state index contributed by atoms with van der Waals surface area (Å²) in [7, 11) is 1.80. The number of aryl methyl sites for hydroxylation is 1. The molecule has 9 nitrogen and oxygen atoms in total. The van der Waals surface area contributed by atoms with Gasteiger partial charge in [-0.2, -0.15) is 10.1 Å². The lowest BCUT2D eigenvalue weighted by molar-refractivity contribution is 0.0562. The van der Waals surface area contributed by atoms with Crippen LogP contribution in [0.25, 0.3) is 11.0 Å². The van der Waals surface area contributed by atoms with Gasteiger partial charge in [-0.1, -0.05) is 18.5 Å². The number of methoxy groups -OCH3 is 1. The molecular formula is C20H26ClN7O2. The van der Waals surface area contributed by atoms with E-state index in [0.29, 0.717) is 42.3 Å². The summed E-state index contributed by atoms with van der Waals surface area (Å²) in [5.41, 5.74) is 2.69. The average molecular weight is 432 g/mol. The van der Waals surface area contributed by atoms with Crippen molar-refractivity contribution in [3.63, 3.8) is 0 Å². The Hall–Kier alpha value is -2.39. The van der Waals surface area contributed by atoms with Gasteiger partial charge in [0.15, 0.2) is 10.8 Å². The molecule has 1 fully saturated rings. The Labute approximate surface area is 179 Å². The van der Waals surface area contributed by atoms with Crippen LogP contribution in [0.3, 0.4) is 0 Å². The van der Waals surface area contributed by atoms with E-state index in [1.54, 1.807) is 13.3 Å². The summed E-state index contributed by atoms with van der Waals surface area (Å²) in [5.74, 6) is 1.10. The zero-order valence-electron chi connectivity index (χ0n) is 17.3. The normalized spacial score (nSPS) is 21.7. The second kappa shape index (κ2) is 8.03. The highest BCUT2D eigenvalue weighted by Crippen LogP contribution is 2.38. The van der Waals surface area contributed by atoms with Gasteiger partial charge in [-0.25, -0.2) is 9.67 Å². The van der Waals surface area contributed by atoms with Crippen LogP contribution >= 0.6 is 11.6 Å². The monoisotopic (exact) mass is 431 g/mol. The molecule has 1 aliphatic heterocycles. The highest BCUT2D eigenvalue weighted by molar-refractivity contribution is 6.34. The van der Waals surface area contributed by atoms with E-state index in [1.165, 1.54) is 0 Å². The van der Waals surface area contributed by atoms with E-state index in [0.717, 1.165) is 60.9 Å². The zero-order valence-corrected chi connectivity index (χ0v) is 18.0. The number of fused-ring (bicyclic) bond motifs is 2. The molecule has 0 spiro atoms. The first-order valence-electron chi connectivity index (χ1n) is 10.6. The first-order chi connectivity index (χ1) is 14.7. The summed E-state index contributed by atoms with van der Waals surface area (Å²) in [6, 6.07) is 0.348. The van der Waals surface area contributed by atoms with Crippen molar-refractivity contribution in [2.24, 2.45) is 0 Å². The smallest absolute Gasteiger partial charge is 0.257 e. The van der Waals surface area contributed by atoms with Gasteiger partial charge in [0.05, 0.1) is 29.8 Å². The molecule has 0 radical (unpaired) electrons. The van der Waals surface area contributed by atoms with E-state index in [1.807, 2.05) is 4.68 Å². The molecule has 30 heavy (non-hydrogen) atoms. The Balaban J connectivity index is 1.53. The molecule has 4 heterocycles. The zero-order chi connectivity index (χ0) is 20.7. The van der Waals surface area contributed by atoms with Gasteiger partial charge in [0.25, 0.3) is 5.88 Å². The van der Waals surface area contributed by atoms with Gasteiger partial charge in [0.1, 0.15) is 5.69 Å². The lowest BCUT2D eigenvalue weighted by Crippen LogP contribution is -2.24. The molecular weight excluding hydrogens is 406 g/mol. The maximum absolute atomic E-state index is 6.25. The van der Waals surface area contributed by atoms with Crippen LogP contribution < -0.4 is 10.1 Å². The number of ether oxygens (including phenoxy) is 2. The van der Waals surface area contributed by atoms with Crippen LogP contribution in [0.2, 0.25) is 5.15 Å². The largest absolute Gasteiger partial charge is 0.475 e. The summed E-state index contributed by atoms with van der Waals surface area (Å²) >= 11 is 6.25. The standard InChI is InChI=1S/C20H26ClN7O2/c1-3-15-16-19(26-28(15)12-5-7-13(29-2)8-6-12)30-10-4-9-27-18-14(17(21)25-27)11-22-20(23-16)24-18/h11-13H,3-10H2,1-2H3,(H,22,23,24). The molecule has 0 atom stereocenters. The second-order valence-electron chi connectivity index (χ2n) is 7.86. The third-order valence-corrected chi connectivity index (χ3v) is 6.35. The van der Waals surface area contributed by atoms with Crippen molar-refractivity contribution in [1.82, 2.24) is 29.5 Å². The van der Waals surface area contributed by atoms with Gasteiger partial charge in [-0.15, -0.1) is 5.10 Å². The lowest BCUT2D eigenvalue weighted by Gasteiger charge is -2.28. The number of aromatic nitrogens is 6. The number of rotatable bonds is 3. The number of nitrogens with one attached hydrogen (secondary N) is 1. The maximum Gasteiger partial charge on any atom is 0.257 e. The third-order valence-electron chi connectivity index (χ3n) is 6.07. The molecule has 160 valence electrons. The molecule has 3 aromatic heterocycles. The highest BCUT2D eigenvalue weighted by Gasteiger charge is 2.28. The fourth-order valence-electron chi connectivity index (χ4n) is 4.47. The molecule has 0 amide bonds. The van der Waals surface area contributed by atoms with Crippen molar-refractivity contribution in [2.45, 2.75) is 64.1 Å². The minimum Gasteiger partial charge on any atom is -0.475 e. The quantitative estimate of drug-likeness (QED) is 0.672. The molecule has 3 aromatic rings. The molecule has 0 saturated heterocycles. The van der Waals surface area contributed by atoms with Gasteiger partial charge in [-0.05, 0) is 32.1 Å². The molecule has 5 rings (SSSR count). The minimum absolute atomic E-state index is 0.348. The molecule has 2 aliphatic rings. The minimum atomic E-state index is 0.348. The van der Waals surface area contributed by atoms with Gasteiger partial charge in [0.2, 0.25) is 5.95 Å². The van der Waals surface area contributed by atoms with E-state index in [-0.39, 0.29) is 0 Å². The molecule has 1 saturated carbocycles. The molecule has 0 unspecified atom stereocenters. The van der Waals surface area contributed by atoms with Crippen LogP contribution in [0, 0.1) is 0 Å². The first-order valence-corrected chi connectivity index (χ1v) is 11.0. The SMILES string of the molecule is CCc1c2c(nn1C1CCC(OC)CC1)OCCCn1nc(Cl)c3cnc(nc31)N2. The van der Waals surface area contributed by atoms with Crippen LogP contribution in [0.1, 0.15) is 50.8 Å². The summed E-state index contributed by atoms with van der Waals surface area (Å²) in [6.07, 6.45) is 7.87. The van der Waals surface area contributed by atoms with Crippen molar-refractivity contribution in [1.29, 1.82) is 0 Å². The summed E-state index contributed by atoms with van der Waals surface area (Å²) in [6.45, 7) is 3.34. The number of hydrogen-bond donors (Lipinski definition) is 1. The Morgan fingerprint density at radius 2 is 2.10 bits per heavy atom. The van der Waals surface area contributed by atoms with E-state index in [2.05, 4.69) is 32.0 Å². The number of halogens is 1. The summed E-state index contributed by atoms with van der Waals surface area (Å²) in [5, 5.41) is 13.8. The van der Waals surface area contributed by atoms with Gasteiger partial charge < -0.3 is 14.8 Å². The van der Waals surface area contributed by atoms with E-state index >= 15 is 0 Å². The molecule has 10 heteroatoms. The predicted octanol–water partition coefficient (Wildman–Crippen LogP) is 3.89. The van der Waals surface area contributed by atoms with Crippen molar-refractivity contribution in [2.75, 3.05) is 19.0 Å². The van der Waals surface area contributed by atoms with E-state index in [9.17, 15) is 0 Å². The van der Waals surface area contributed by atoms with Gasteiger partial charge >= 0.3 is 0 Å². The molecule has 0 aromatic carbocycles. The lowest BCUT2D eigenvalue weighted by atomic mass is 9.93. The third kappa shape index (κ3) is 3.39. The average Bonchev–Trinajstić information content (AvgIpc) is 3.27. The molecule has 1 aliphatic carbocycles. The number of anilines is 2. The van der Waals surface area contributed by atoms with Crippen LogP contribution in [-0.2, 0) is 17.7 Å². The Morgan fingerprint density at radius 1 is 1.27 bits per heavy atom.